The van der Waals surface area contributed by atoms with Crippen LogP contribution < -0.4 is 29.9 Å². The number of hydrogen-bond acceptors (Lipinski definition) is 6. The molecule has 1 unspecified atom stereocenters. The molecule has 1 aliphatic rings. The van der Waals surface area contributed by atoms with E-state index >= 15 is 0 Å². The average Bonchev–Trinajstić information content (AvgIpc) is 3.05. The average molecular weight is 599 g/mol. The van der Waals surface area contributed by atoms with Gasteiger partial charge in [0.05, 0.1) is 24.4 Å². The minimum atomic E-state index is -0.336. The summed E-state index contributed by atoms with van der Waals surface area (Å²) in [6, 6.07) is 29.9. The Morgan fingerprint density at radius 3 is 2.19 bits per heavy atom. The van der Waals surface area contributed by atoms with Crippen molar-refractivity contribution in [2.24, 2.45) is 0 Å². The first-order valence-corrected chi connectivity index (χ1v) is 14.6. The normalized spacial score (nSPS) is 13.7. The maximum Gasteiger partial charge on any atom is 0.262 e. The third-order valence-electron chi connectivity index (χ3n) is 7.40. The fraction of sp³-hybridized carbons (Fsp3) is 0.235. The monoisotopic (exact) mass is 598 g/mol. The number of methoxy groups -OCH3 is 1. The first-order valence-electron chi connectivity index (χ1n) is 14.2. The molecule has 1 heterocycles. The molecule has 1 aliphatic heterocycles. The summed E-state index contributed by atoms with van der Waals surface area (Å²) in [6.45, 7) is 4.74. The lowest BCUT2D eigenvalue weighted by Crippen LogP contribution is -2.47. The third-order valence-corrected chi connectivity index (χ3v) is 7.65. The Bertz CT molecular complexity index is 1540. The Hall–Kier alpha value is -4.69. The molecule has 0 spiro atoms. The van der Waals surface area contributed by atoms with Crippen LogP contribution in [-0.4, -0.2) is 51.7 Å². The maximum atomic E-state index is 13.7. The first-order chi connectivity index (χ1) is 20.9. The van der Waals surface area contributed by atoms with E-state index in [9.17, 15) is 9.59 Å². The maximum absolute atomic E-state index is 13.7. The van der Waals surface area contributed by atoms with Gasteiger partial charge < -0.3 is 29.9 Å². The Morgan fingerprint density at radius 2 is 1.49 bits per heavy atom. The summed E-state index contributed by atoms with van der Waals surface area (Å²) in [7, 11) is 1.68. The number of nitrogens with one attached hydrogen (secondary N) is 2. The van der Waals surface area contributed by atoms with Crippen LogP contribution in [0.4, 0.5) is 17.1 Å². The molecule has 4 aromatic carbocycles. The fourth-order valence-electron chi connectivity index (χ4n) is 5.13. The number of carbonyl (C=O) groups excluding carboxylic acids is 2. The second kappa shape index (κ2) is 14.0. The van der Waals surface area contributed by atoms with E-state index in [0.29, 0.717) is 35.1 Å². The van der Waals surface area contributed by atoms with Gasteiger partial charge in [0.15, 0.2) is 6.61 Å². The molecule has 0 radical (unpaired) electrons. The zero-order valence-corrected chi connectivity index (χ0v) is 25.0. The number of piperazine rings is 1. The van der Waals surface area contributed by atoms with Crippen molar-refractivity contribution in [1.82, 2.24) is 5.32 Å². The number of para-hydroxylation sites is 2. The van der Waals surface area contributed by atoms with E-state index in [1.807, 2.05) is 67.6 Å². The third kappa shape index (κ3) is 7.59. The fourth-order valence-corrected chi connectivity index (χ4v) is 5.25. The molecule has 5 rings (SSSR count). The number of anilines is 3. The minimum Gasteiger partial charge on any atom is -0.495 e. The van der Waals surface area contributed by atoms with Gasteiger partial charge in [-0.3, -0.25) is 9.59 Å². The molecule has 1 saturated heterocycles. The number of nitrogens with zero attached hydrogens (tertiary/aromatic N) is 2. The smallest absolute Gasteiger partial charge is 0.262 e. The minimum absolute atomic E-state index is 0.180. The summed E-state index contributed by atoms with van der Waals surface area (Å²) in [5.41, 5.74) is 3.88. The molecule has 222 valence electrons. The van der Waals surface area contributed by atoms with Gasteiger partial charge >= 0.3 is 0 Å². The predicted molar refractivity (Wildman–Crippen MR) is 172 cm³/mol. The van der Waals surface area contributed by atoms with Crippen LogP contribution in [-0.2, 0) is 4.79 Å². The predicted octanol–water partition coefficient (Wildman–Crippen LogP) is 6.18. The summed E-state index contributed by atoms with van der Waals surface area (Å²) >= 11 is 5.93. The van der Waals surface area contributed by atoms with Crippen LogP contribution in [0.2, 0.25) is 5.02 Å². The molecule has 0 aliphatic carbocycles. The van der Waals surface area contributed by atoms with Gasteiger partial charge in [0.2, 0.25) is 0 Å². The molecular formula is C34H35ClN4O4. The molecule has 0 saturated carbocycles. The van der Waals surface area contributed by atoms with Crippen molar-refractivity contribution in [3.8, 4) is 11.5 Å². The summed E-state index contributed by atoms with van der Waals surface area (Å²) in [5, 5.41) is 6.59. The lowest BCUT2D eigenvalue weighted by molar-refractivity contribution is -0.118. The summed E-state index contributed by atoms with van der Waals surface area (Å²) in [6.07, 6.45) is 0. The highest BCUT2D eigenvalue weighted by Gasteiger charge is 2.24. The van der Waals surface area contributed by atoms with Crippen molar-refractivity contribution in [2.75, 3.05) is 55.0 Å². The number of carbonyl (C=O) groups is 2. The van der Waals surface area contributed by atoms with Crippen LogP contribution in [0, 0.1) is 0 Å². The quantitative estimate of drug-likeness (QED) is 0.227. The molecule has 0 bridgehead atoms. The summed E-state index contributed by atoms with van der Waals surface area (Å²) in [5.74, 6) is 0.826. The SMILES string of the molecule is COc1ccccc1N1CCN(c2ccc(NC(=O)COc3ccc(Cl)cc3)cc2C(=O)NC(C)c2ccccc2)CC1. The zero-order chi connectivity index (χ0) is 30.2. The van der Waals surface area contributed by atoms with Crippen LogP contribution in [0.25, 0.3) is 0 Å². The molecular weight excluding hydrogens is 564 g/mol. The van der Waals surface area contributed by atoms with E-state index in [0.717, 1.165) is 35.8 Å². The number of ether oxygens (including phenoxy) is 2. The molecule has 8 nitrogen and oxygen atoms in total. The molecule has 43 heavy (non-hydrogen) atoms. The van der Waals surface area contributed by atoms with E-state index < -0.39 is 0 Å². The topological polar surface area (TPSA) is 83.1 Å². The number of hydrogen-bond donors (Lipinski definition) is 2. The number of amides is 2. The van der Waals surface area contributed by atoms with Crippen LogP contribution >= 0.6 is 11.6 Å². The van der Waals surface area contributed by atoms with E-state index in [4.69, 9.17) is 21.1 Å². The summed E-state index contributed by atoms with van der Waals surface area (Å²) in [4.78, 5) is 30.9. The Morgan fingerprint density at radius 1 is 0.837 bits per heavy atom. The Labute approximate surface area is 257 Å². The van der Waals surface area contributed by atoms with Gasteiger partial charge in [-0.05, 0) is 67.1 Å². The standard InChI is InChI=1S/C34H35ClN4O4/c1-24(25-8-4-3-5-9-25)36-34(41)29-22-27(37-33(40)23-43-28-15-12-26(35)13-16-28)14-17-30(29)38-18-20-39(21-19-38)31-10-6-7-11-32(31)42-2/h3-17,22,24H,18-21,23H2,1-2H3,(H,36,41)(H,37,40). The lowest BCUT2D eigenvalue weighted by atomic mass is 10.1. The molecule has 2 amide bonds. The summed E-state index contributed by atoms with van der Waals surface area (Å²) < 4.78 is 11.2. The Kier molecular flexibility index (Phi) is 9.69. The van der Waals surface area contributed by atoms with Crippen LogP contribution in [0.3, 0.4) is 0 Å². The van der Waals surface area contributed by atoms with Crippen molar-refractivity contribution >= 4 is 40.5 Å². The van der Waals surface area contributed by atoms with Crippen molar-refractivity contribution < 1.29 is 19.1 Å². The van der Waals surface area contributed by atoms with E-state index in [1.165, 1.54) is 0 Å². The number of rotatable bonds is 10. The van der Waals surface area contributed by atoms with E-state index in [-0.39, 0.29) is 24.5 Å². The van der Waals surface area contributed by atoms with Gasteiger partial charge in [0.1, 0.15) is 11.5 Å². The largest absolute Gasteiger partial charge is 0.495 e. The van der Waals surface area contributed by atoms with Crippen molar-refractivity contribution in [2.45, 2.75) is 13.0 Å². The van der Waals surface area contributed by atoms with Crippen LogP contribution in [0.1, 0.15) is 28.9 Å². The zero-order valence-electron chi connectivity index (χ0n) is 24.3. The number of benzene rings is 4. The Balaban J connectivity index is 1.32. The van der Waals surface area contributed by atoms with Crippen molar-refractivity contribution in [3.63, 3.8) is 0 Å². The van der Waals surface area contributed by atoms with Crippen molar-refractivity contribution in [3.05, 3.63) is 113 Å². The van der Waals surface area contributed by atoms with Gasteiger partial charge in [-0.2, -0.15) is 0 Å². The van der Waals surface area contributed by atoms with Crippen LogP contribution in [0.15, 0.2) is 97.1 Å². The lowest BCUT2D eigenvalue weighted by Gasteiger charge is -2.38. The van der Waals surface area contributed by atoms with Gasteiger partial charge in [-0.1, -0.05) is 54.1 Å². The van der Waals surface area contributed by atoms with Gasteiger partial charge in [0.25, 0.3) is 11.8 Å². The van der Waals surface area contributed by atoms with Crippen molar-refractivity contribution in [1.29, 1.82) is 0 Å². The second-order valence-electron chi connectivity index (χ2n) is 10.3. The highest BCUT2D eigenvalue weighted by Crippen LogP contribution is 2.31. The molecule has 9 heteroatoms. The molecule has 2 N–H and O–H groups in total. The highest BCUT2D eigenvalue weighted by atomic mass is 35.5. The van der Waals surface area contributed by atoms with Gasteiger partial charge in [-0.25, -0.2) is 0 Å². The van der Waals surface area contributed by atoms with Gasteiger partial charge in [-0.15, -0.1) is 0 Å². The molecule has 0 aromatic heterocycles. The van der Waals surface area contributed by atoms with Gasteiger partial charge in [0, 0.05) is 42.6 Å². The second-order valence-corrected chi connectivity index (χ2v) is 10.7. The molecule has 1 fully saturated rings. The van der Waals surface area contributed by atoms with Crippen LogP contribution in [0.5, 0.6) is 11.5 Å². The van der Waals surface area contributed by atoms with E-state index in [2.05, 4.69) is 26.5 Å². The van der Waals surface area contributed by atoms with E-state index in [1.54, 1.807) is 37.4 Å². The molecule has 1 atom stereocenters. The first kappa shape index (κ1) is 29.8. The number of halogens is 1. The molecule has 4 aromatic rings. The highest BCUT2D eigenvalue weighted by molar-refractivity contribution is 6.30.